The molecule has 0 amide bonds. The van der Waals surface area contributed by atoms with Gasteiger partial charge in [-0.05, 0) is 55.7 Å². The zero-order chi connectivity index (χ0) is 21.1. The zero-order valence-corrected chi connectivity index (χ0v) is 17.6. The predicted octanol–water partition coefficient (Wildman–Crippen LogP) is 4.13. The maximum atomic E-state index is 12.1. The molecule has 4 rings (SSSR count). The summed E-state index contributed by atoms with van der Waals surface area (Å²) in [7, 11) is 0. The predicted molar refractivity (Wildman–Crippen MR) is 118 cm³/mol. The molecule has 2 aromatic carbocycles. The number of halogens is 1. The first-order valence-electron chi connectivity index (χ1n) is 10.0. The Morgan fingerprint density at radius 1 is 1.07 bits per heavy atom. The molecule has 1 aromatic heterocycles. The van der Waals surface area contributed by atoms with Crippen LogP contribution in [0.25, 0.3) is 0 Å². The summed E-state index contributed by atoms with van der Waals surface area (Å²) in [6.45, 7) is 4.31. The second kappa shape index (κ2) is 8.90. The fourth-order valence-corrected chi connectivity index (χ4v) is 4.03. The van der Waals surface area contributed by atoms with Crippen LogP contribution >= 0.6 is 11.6 Å². The van der Waals surface area contributed by atoms with Crippen LogP contribution in [0.15, 0.2) is 64.3 Å². The minimum absolute atomic E-state index is 0.113. The first-order valence-corrected chi connectivity index (χ1v) is 10.4. The van der Waals surface area contributed by atoms with E-state index in [0.29, 0.717) is 16.3 Å². The Morgan fingerprint density at radius 2 is 1.77 bits per heavy atom. The van der Waals surface area contributed by atoms with Gasteiger partial charge >= 0.3 is 5.69 Å². The van der Waals surface area contributed by atoms with E-state index in [-0.39, 0.29) is 17.3 Å². The highest BCUT2D eigenvalue weighted by atomic mass is 35.5. The zero-order valence-electron chi connectivity index (χ0n) is 16.8. The quantitative estimate of drug-likeness (QED) is 0.667. The van der Waals surface area contributed by atoms with Crippen molar-refractivity contribution in [1.82, 2.24) is 14.5 Å². The normalized spacial score (nSPS) is 15.3. The van der Waals surface area contributed by atoms with Gasteiger partial charge in [-0.15, -0.1) is 0 Å². The Kier molecular flexibility index (Phi) is 6.06. The standard InChI is InChI=1S/C23H24ClN3O3/c1-16-14-27(23(29)25-22(16)28)19-8-10-26(11-9-19)15-17-4-2-6-20(12-17)30-21-7-3-5-18(24)13-21/h2-7,12-14,19H,8-11,15H2,1H3,(H,25,28,29). The van der Waals surface area contributed by atoms with Gasteiger partial charge in [-0.25, -0.2) is 4.79 Å². The Labute approximate surface area is 179 Å². The summed E-state index contributed by atoms with van der Waals surface area (Å²) in [6, 6.07) is 15.5. The number of aromatic nitrogens is 2. The Hall–Kier alpha value is -2.83. The van der Waals surface area contributed by atoms with Crippen LogP contribution in [0, 0.1) is 6.92 Å². The van der Waals surface area contributed by atoms with Crippen LogP contribution in [0.3, 0.4) is 0 Å². The fourth-order valence-electron chi connectivity index (χ4n) is 3.85. The number of hydrogen-bond acceptors (Lipinski definition) is 4. The van der Waals surface area contributed by atoms with Gasteiger partial charge in [0, 0.05) is 42.5 Å². The van der Waals surface area contributed by atoms with Crippen molar-refractivity contribution in [3.63, 3.8) is 0 Å². The van der Waals surface area contributed by atoms with Crippen molar-refractivity contribution in [3.8, 4) is 11.5 Å². The molecule has 7 heteroatoms. The van der Waals surface area contributed by atoms with E-state index in [0.717, 1.165) is 38.2 Å². The maximum Gasteiger partial charge on any atom is 0.328 e. The van der Waals surface area contributed by atoms with Crippen LogP contribution in [0.2, 0.25) is 5.02 Å². The molecule has 0 bridgehead atoms. The number of nitrogens with zero attached hydrogens (tertiary/aromatic N) is 2. The van der Waals surface area contributed by atoms with Crippen molar-refractivity contribution in [2.45, 2.75) is 32.4 Å². The largest absolute Gasteiger partial charge is 0.457 e. The molecule has 0 spiro atoms. The summed E-state index contributed by atoms with van der Waals surface area (Å²) >= 11 is 6.03. The molecule has 6 nitrogen and oxygen atoms in total. The van der Waals surface area contributed by atoms with Crippen LogP contribution in [0.4, 0.5) is 0 Å². The van der Waals surface area contributed by atoms with E-state index in [1.165, 1.54) is 5.56 Å². The van der Waals surface area contributed by atoms with Gasteiger partial charge in [-0.3, -0.25) is 19.2 Å². The lowest BCUT2D eigenvalue weighted by molar-refractivity contribution is 0.177. The van der Waals surface area contributed by atoms with E-state index in [9.17, 15) is 9.59 Å². The minimum atomic E-state index is -0.324. The maximum absolute atomic E-state index is 12.1. The van der Waals surface area contributed by atoms with Gasteiger partial charge in [-0.1, -0.05) is 29.8 Å². The van der Waals surface area contributed by atoms with E-state index in [4.69, 9.17) is 16.3 Å². The molecule has 156 valence electrons. The SMILES string of the molecule is Cc1cn(C2CCN(Cc3cccc(Oc4cccc(Cl)c4)c3)CC2)c(=O)[nH]c1=O. The Balaban J connectivity index is 1.38. The van der Waals surface area contributed by atoms with E-state index < -0.39 is 0 Å². The molecule has 2 heterocycles. The number of piperidine rings is 1. The lowest BCUT2D eigenvalue weighted by atomic mass is 10.0. The molecule has 0 atom stereocenters. The van der Waals surface area contributed by atoms with E-state index in [2.05, 4.69) is 16.0 Å². The number of aryl methyl sites for hydroxylation is 1. The molecular weight excluding hydrogens is 402 g/mol. The molecule has 1 saturated heterocycles. The molecule has 0 saturated carbocycles. The second-order valence-corrected chi connectivity index (χ2v) is 8.13. The van der Waals surface area contributed by atoms with Crippen LogP contribution in [-0.2, 0) is 6.54 Å². The van der Waals surface area contributed by atoms with Gasteiger partial charge < -0.3 is 4.74 Å². The highest BCUT2D eigenvalue weighted by Gasteiger charge is 2.22. The summed E-state index contributed by atoms with van der Waals surface area (Å²) in [5, 5.41) is 0.642. The second-order valence-electron chi connectivity index (χ2n) is 7.69. The van der Waals surface area contributed by atoms with Crippen LogP contribution in [0.1, 0.15) is 30.0 Å². The number of nitrogens with one attached hydrogen (secondary N) is 1. The van der Waals surface area contributed by atoms with Crippen LogP contribution < -0.4 is 16.0 Å². The van der Waals surface area contributed by atoms with Crippen molar-refractivity contribution < 1.29 is 4.74 Å². The number of ether oxygens (including phenoxy) is 1. The van der Waals surface area contributed by atoms with Gasteiger partial charge in [0.2, 0.25) is 0 Å². The van der Waals surface area contributed by atoms with E-state index in [1.54, 1.807) is 23.8 Å². The average molecular weight is 426 g/mol. The van der Waals surface area contributed by atoms with Crippen molar-refractivity contribution in [3.05, 3.63) is 91.7 Å². The molecule has 1 aliphatic heterocycles. The summed E-state index contributed by atoms with van der Waals surface area (Å²) in [5.41, 5.74) is 1.10. The molecule has 1 N–H and O–H groups in total. The van der Waals surface area contributed by atoms with Gasteiger partial charge in [-0.2, -0.15) is 0 Å². The highest BCUT2D eigenvalue weighted by molar-refractivity contribution is 6.30. The van der Waals surface area contributed by atoms with Crippen molar-refractivity contribution in [1.29, 1.82) is 0 Å². The topological polar surface area (TPSA) is 67.3 Å². The summed E-state index contributed by atoms with van der Waals surface area (Å²) in [4.78, 5) is 28.5. The van der Waals surface area contributed by atoms with Gasteiger partial charge in [0.25, 0.3) is 5.56 Å². The minimum Gasteiger partial charge on any atom is -0.457 e. The Bertz CT molecular complexity index is 1150. The van der Waals surface area contributed by atoms with Crippen LogP contribution in [-0.4, -0.2) is 27.5 Å². The third kappa shape index (κ3) is 4.83. The number of H-pyrrole nitrogens is 1. The number of hydrogen-bond donors (Lipinski definition) is 1. The monoisotopic (exact) mass is 425 g/mol. The number of likely N-dealkylation sites (tertiary alicyclic amines) is 1. The van der Waals surface area contributed by atoms with Crippen LogP contribution in [0.5, 0.6) is 11.5 Å². The summed E-state index contributed by atoms with van der Waals surface area (Å²) < 4.78 is 7.60. The fraction of sp³-hybridized carbons (Fsp3) is 0.304. The molecule has 1 fully saturated rings. The van der Waals surface area contributed by atoms with Crippen molar-refractivity contribution >= 4 is 11.6 Å². The van der Waals surface area contributed by atoms with E-state index in [1.807, 2.05) is 36.4 Å². The molecule has 0 aliphatic carbocycles. The summed E-state index contributed by atoms with van der Waals surface area (Å²) in [5.74, 6) is 1.49. The van der Waals surface area contributed by atoms with Crippen molar-refractivity contribution in [2.75, 3.05) is 13.1 Å². The number of benzene rings is 2. The van der Waals surface area contributed by atoms with Gasteiger partial charge in [0.05, 0.1) is 0 Å². The summed E-state index contributed by atoms with van der Waals surface area (Å²) in [6.07, 6.45) is 3.41. The molecule has 1 aliphatic rings. The molecule has 30 heavy (non-hydrogen) atoms. The van der Waals surface area contributed by atoms with Gasteiger partial charge in [0.1, 0.15) is 11.5 Å². The molecular formula is C23H24ClN3O3. The molecule has 0 unspecified atom stereocenters. The van der Waals surface area contributed by atoms with Gasteiger partial charge in [0.15, 0.2) is 0 Å². The highest BCUT2D eigenvalue weighted by Crippen LogP contribution is 2.26. The first-order chi connectivity index (χ1) is 14.5. The lowest BCUT2D eigenvalue weighted by Crippen LogP contribution is -2.39. The first kappa shape index (κ1) is 20.4. The molecule has 3 aromatic rings. The molecule has 0 radical (unpaired) electrons. The number of aromatic amines is 1. The third-order valence-corrected chi connectivity index (χ3v) is 5.67. The number of rotatable bonds is 5. The smallest absolute Gasteiger partial charge is 0.328 e. The lowest BCUT2D eigenvalue weighted by Gasteiger charge is -2.32. The van der Waals surface area contributed by atoms with Crippen molar-refractivity contribution in [2.24, 2.45) is 0 Å². The average Bonchev–Trinajstić information content (AvgIpc) is 2.72. The Morgan fingerprint density at radius 3 is 2.50 bits per heavy atom. The van der Waals surface area contributed by atoms with E-state index >= 15 is 0 Å². The third-order valence-electron chi connectivity index (χ3n) is 5.43.